The molecule has 18 heavy (non-hydrogen) atoms. The second-order valence-electron chi connectivity index (χ2n) is 4.11. The standard InChI is InChI=1S/C10H15N7O/c1-5-8(11)9(16-13-5)10(18)17(3)4-7-12-6(2)14-15-7/h4,11H2,1-3H3,(H,13,16)(H,12,14,15). The average molecular weight is 249 g/mol. The highest BCUT2D eigenvalue weighted by molar-refractivity contribution is 5.97. The second kappa shape index (κ2) is 4.47. The van der Waals surface area contributed by atoms with E-state index in [0.29, 0.717) is 29.6 Å². The third-order valence-electron chi connectivity index (χ3n) is 2.57. The topological polar surface area (TPSA) is 117 Å². The molecule has 0 aliphatic carbocycles. The Morgan fingerprint density at radius 3 is 2.56 bits per heavy atom. The number of H-pyrrole nitrogens is 2. The molecule has 0 aliphatic rings. The molecule has 2 aromatic rings. The molecular weight excluding hydrogens is 234 g/mol. The highest BCUT2D eigenvalue weighted by atomic mass is 16.2. The van der Waals surface area contributed by atoms with Gasteiger partial charge in [-0.25, -0.2) is 4.98 Å². The van der Waals surface area contributed by atoms with Crippen molar-refractivity contribution in [2.24, 2.45) is 0 Å². The maximum atomic E-state index is 12.1. The van der Waals surface area contributed by atoms with Crippen LogP contribution in [0, 0.1) is 13.8 Å². The lowest BCUT2D eigenvalue weighted by molar-refractivity contribution is 0.0777. The number of rotatable bonds is 3. The predicted molar refractivity (Wildman–Crippen MR) is 64.7 cm³/mol. The van der Waals surface area contributed by atoms with E-state index in [9.17, 15) is 4.79 Å². The largest absolute Gasteiger partial charge is 0.395 e. The Morgan fingerprint density at radius 1 is 1.33 bits per heavy atom. The number of amides is 1. The zero-order chi connectivity index (χ0) is 13.3. The van der Waals surface area contributed by atoms with Crippen LogP contribution < -0.4 is 5.73 Å². The number of nitrogens with zero attached hydrogens (tertiary/aromatic N) is 4. The fourth-order valence-corrected chi connectivity index (χ4v) is 1.53. The highest BCUT2D eigenvalue weighted by Gasteiger charge is 2.20. The molecule has 0 fully saturated rings. The summed E-state index contributed by atoms with van der Waals surface area (Å²) >= 11 is 0. The number of anilines is 1. The number of nitrogens with one attached hydrogen (secondary N) is 2. The van der Waals surface area contributed by atoms with Crippen LogP contribution in [0.4, 0.5) is 5.69 Å². The molecule has 8 nitrogen and oxygen atoms in total. The summed E-state index contributed by atoms with van der Waals surface area (Å²) in [6.45, 7) is 3.86. The number of carbonyl (C=O) groups is 1. The van der Waals surface area contributed by atoms with Crippen molar-refractivity contribution in [2.75, 3.05) is 12.8 Å². The van der Waals surface area contributed by atoms with E-state index in [1.54, 1.807) is 20.9 Å². The van der Waals surface area contributed by atoms with Crippen LogP contribution in [0.15, 0.2) is 0 Å². The molecule has 2 rings (SSSR count). The minimum atomic E-state index is -0.265. The van der Waals surface area contributed by atoms with Crippen LogP contribution in [0.1, 0.15) is 27.8 Å². The molecule has 2 aromatic heterocycles. The molecule has 0 aliphatic heterocycles. The van der Waals surface area contributed by atoms with Gasteiger partial charge in [0, 0.05) is 7.05 Å². The van der Waals surface area contributed by atoms with Crippen LogP contribution in [-0.2, 0) is 6.54 Å². The number of aromatic nitrogens is 5. The summed E-state index contributed by atoms with van der Waals surface area (Å²) in [5, 5.41) is 13.3. The van der Waals surface area contributed by atoms with Crippen molar-refractivity contribution in [3.05, 3.63) is 23.0 Å². The summed E-state index contributed by atoms with van der Waals surface area (Å²) in [5.74, 6) is 0.995. The Hall–Kier alpha value is -2.38. The van der Waals surface area contributed by atoms with Gasteiger partial charge < -0.3 is 10.6 Å². The third-order valence-corrected chi connectivity index (χ3v) is 2.57. The lowest BCUT2D eigenvalue weighted by atomic mass is 10.3. The second-order valence-corrected chi connectivity index (χ2v) is 4.11. The average Bonchev–Trinajstić information content (AvgIpc) is 2.87. The summed E-state index contributed by atoms with van der Waals surface area (Å²) in [4.78, 5) is 17.7. The van der Waals surface area contributed by atoms with Crippen molar-refractivity contribution in [3.8, 4) is 0 Å². The molecule has 8 heteroatoms. The number of hydrogen-bond acceptors (Lipinski definition) is 5. The first kappa shape index (κ1) is 12.1. The first-order valence-corrected chi connectivity index (χ1v) is 5.43. The summed E-state index contributed by atoms with van der Waals surface area (Å²) in [6, 6.07) is 0. The molecule has 0 saturated heterocycles. The number of aromatic amines is 2. The van der Waals surface area contributed by atoms with Gasteiger partial charge in [-0.15, -0.1) is 0 Å². The molecule has 96 valence electrons. The molecule has 2 heterocycles. The number of nitrogens with two attached hydrogens (primary N) is 1. The fraction of sp³-hybridized carbons (Fsp3) is 0.400. The first-order chi connectivity index (χ1) is 8.49. The predicted octanol–water partition coefficient (Wildman–Crippen LogP) is -0.000960. The van der Waals surface area contributed by atoms with Gasteiger partial charge in [-0.1, -0.05) is 0 Å². The van der Waals surface area contributed by atoms with Crippen LogP contribution in [0.3, 0.4) is 0 Å². The molecule has 0 aromatic carbocycles. The van der Waals surface area contributed by atoms with Crippen LogP contribution >= 0.6 is 0 Å². The van der Waals surface area contributed by atoms with E-state index in [1.165, 1.54) is 4.90 Å². The van der Waals surface area contributed by atoms with Gasteiger partial charge in [0.2, 0.25) is 0 Å². The summed E-state index contributed by atoms with van der Waals surface area (Å²) in [6.07, 6.45) is 0. The summed E-state index contributed by atoms with van der Waals surface area (Å²) < 4.78 is 0. The molecule has 4 N–H and O–H groups in total. The van der Waals surface area contributed by atoms with Crippen molar-refractivity contribution < 1.29 is 4.79 Å². The van der Waals surface area contributed by atoms with Gasteiger partial charge >= 0.3 is 0 Å². The van der Waals surface area contributed by atoms with Crippen LogP contribution in [0.5, 0.6) is 0 Å². The Morgan fingerprint density at radius 2 is 2.06 bits per heavy atom. The molecule has 0 radical (unpaired) electrons. The van der Waals surface area contributed by atoms with E-state index in [-0.39, 0.29) is 11.6 Å². The van der Waals surface area contributed by atoms with Gasteiger partial charge in [0.1, 0.15) is 5.82 Å². The van der Waals surface area contributed by atoms with Gasteiger partial charge in [-0.2, -0.15) is 10.2 Å². The first-order valence-electron chi connectivity index (χ1n) is 5.43. The highest BCUT2D eigenvalue weighted by Crippen LogP contribution is 2.14. The molecule has 0 spiro atoms. The smallest absolute Gasteiger partial charge is 0.276 e. The van der Waals surface area contributed by atoms with Gasteiger partial charge in [-0.3, -0.25) is 15.0 Å². The minimum absolute atomic E-state index is 0.224. The van der Waals surface area contributed by atoms with Crippen molar-refractivity contribution in [3.63, 3.8) is 0 Å². The van der Waals surface area contributed by atoms with Crippen molar-refractivity contribution in [1.82, 2.24) is 30.3 Å². The SMILES string of the molecule is Cc1nc(CN(C)C(=O)c2n[nH]c(C)c2N)n[nH]1. The van der Waals surface area contributed by atoms with Gasteiger partial charge in [0.05, 0.1) is 17.9 Å². The maximum absolute atomic E-state index is 12.1. The number of nitrogen functional groups attached to an aromatic ring is 1. The Kier molecular flexibility index (Phi) is 3.00. The lowest BCUT2D eigenvalue weighted by Gasteiger charge is -2.13. The Labute approximate surface area is 104 Å². The Bertz CT molecular complexity index is 571. The fourth-order valence-electron chi connectivity index (χ4n) is 1.53. The van der Waals surface area contributed by atoms with E-state index >= 15 is 0 Å². The molecular formula is C10H15N7O. The van der Waals surface area contributed by atoms with Crippen LogP contribution in [-0.4, -0.2) is 43.2 Å². The van der Waals surface area contributed by atoms with E-state index in [2.05, 4.69) is 25.4 Å². The van der Waals surface area contributed by atoms with E-state index in [1.807, 2.05) is 0 Å². The van der Waals surface area contributed by atoms with Gasteiger partial charge in [0.25, 0.3) is 5.91 Å². The minimum Gasteiger partial charge on any atom is -0.395 e. The normalized spacial score (nSPS) is 10.6. The van der Waals surface area contributed by atoms with Crippen molar-refractivity contribution >= 4 is 11.6 Å². The molecule has 0 unspecified atom stereocenters. The summed E-state index contributed by atoms with van der Waals surface area (Å²) in [7, 11) is 1.65. The molecule has 0 bridgehead atoms. The van der Waals surface area contributed by atoms with Crippen molar-refractivity contribution in [1.29, 1.82) is 0 Å². The van der Waals surface area contributed by atoms with E-state index in [0.717, 1.165) is 0 Å². The van der Waals surface area contributed by atoms with E-state index in [4.69, 9.17) is 5.73 Å². The summed E-state index contributed by atoms with van der Waals surface area (Å²) in [5.41, 5.74) is 7.04. The number of hydrogen-bond donors (Lipinski definition) is 3. The molecule has 1 amide bonds. The van der Waals surface area contributed by atoms with Gasteiger partial charge in [-0.05, 0) is 13.8 Å². The third kappa shape index (κ3) is 2.17. The number of aryl methyl sites for hydroxylation is 2. The number of carbonyl (C=O) groups excluding carboxylic acids is 1. The zero-order valence-electron chi connectivity index (χ0n) is 10.5. The van der Waals surface area contributed by atoms with E-state index < -0.39 is 0 Å². The zero-order valence-corrected chi connectivity index (χ0v) is 10.5. The van der Waals surface area contributed by atoms with Crippen LogP contribution in [0.2, 0.25) is 0 Å². The molecule has 0 atom stereocenters. The van der Waals surface area contributed by atoms with Gasteiger partial charge in [0.15, 0.2) is 11.5 Å². The Balaban J connectivity index is 2.12. The quantitative estimate of drug-likeness (QED) is 0.707. The molecule has 0 saturated carbocycles. The van der Waals surface area contributed by atoms with Crippen LogP contribution in [0.25, 0.3) is 0 Å². The monoisotopic (exact) mass is 249 g/mol. The van der Waals surface area contributed by atoms with Crippen molar-refractivity contribution in [2.45, 2.75) is 20.4 Å². The maximum Gasteiger partial charge on any atom is 0.276 e. The lowest BCUT2D eigenvalue weighted by Crippen LogP contribution is -2.27.